The van der Waals surface area contributed by atoms with Gasteiger partial charge in [-0.3, -0.25) is 4.79 Å². The third kappa shape index (κ3) is 4.85. The van der Waals surface area contributed by atoms with E-state index in [0.29, 0.717) is 5.92 Å². The minimum absolute atomic E-state index is 0.0286. The summed E-state index contributed by atoms with van der Waals surface area (Å²) in [5, 5.41) is 2.93. The molecule has 0 saturated heterocycles. The number of rotatable bonds is 6. The lowest BCUT2D eigenvalue weighted by Gasteiger charge is -2.22. The molecule has 0 spiro atoms. The van der Waals surface area contributed by atoms with E-state index in [-0.39, 0.29) is 12.5 Å². The molecule has 2 aromatic carbocycles. The standard InChI is InChI=1S/C22H27NO2/c1-2-17-8-6-7-11-21(17)23-22(24)16-25-20-14-12-19(13-15-20)18-9-4-3-5-10-18/h6-8,11-15,18H,2-5,9-10,16H2,1H3,(H,23,24). The molecule has 0 unspecified atom stereocenters. The summed E-state index contributed by atoms with van der Waals surface area (Å²) in [5.74, 6) is 1.31. The third-order valence-corrected chi connectivity index (χ3v) is 5.00. The van der Waals surface area contributed by atoms with Crippen LogP contribution in [-0.4, -0.2) is 12.5 Å². The van der Waals surface area contributed by atoms with E-state index >= 15 is 0 Å². The van der Waals surface area contributed by atoms with Crippen LogP contribution in [0.25, 0.3) is 0 Å². The molecule has 3 rings (SSSR count). The van der Waals surface area contributed by atoms with Gasteiger partial charge in [0, 0.05) is 5.69 Å². The first-order chi connectivity index (χ1) is 12.3. The van der Waals surface area contributed by atoms with E-state index in [1.54, 1.807) is 0 Å². The van der Waals surface area contributed by atoms with E-state index in [1.165, 1.54) is 37.7 Å². The van der Waals surface area contributed by atoms with Crippen molar-refractivity contribution in [3.8, 4) is 5.75 Å². The van der Waals surface area contributed by atoms with Gasteiger partial charge in [0.25, 0.3) is 5.91 Å². The van der Waals surface area contributed by atoms with Crippen molar-refractivity contribution in [1.82, 2.24) is 0 Å². The average molecular weight is 337 g/mol. The lowest BCUT2D eigenvalue weighted by molar-refractivity contribution is -0.118. The molecular formula is C22H27NO2. The summed E-state index contributed by atoms with van der Waals surface area (Å²) < 4.78 is 5.64. The van der Waals surface area contributed by atoms with Crippen molar-refractivity contribution in [2.45, 2.75) is 51.4 Å². The van der Waals surface area contributed by atoms with Crippen LogP contribution in [0.1, 0.15) is 56.1 Å². The molecule has 1 aliphatic rings. The highest BCUT2D eigenvalue weighted by Crippen LogP contribution is 2.33. The quantitative estimate of drug-likeness (QED) is 0.775. The summed E-state index contributed by atoms with van der Waals surface area (Å²) in [4.78, 5) is 12.1. The first-order valence-electron chi connectivity index (χ1n) is 9.37. The Morgan fingerprint density at radius 1 is 1.04 bits per heavy atom. The normalized spacial score (nSPS) is 14.9. The van der Waals surface area contributed by atoms with Crippen molar-refractivity contribution >= 4 is 11.6 Å². The van der Waals surface area contributed by atoms with E-state index in [2.05, 4.69) is 24.4 Å². The summed E-state index contributed by atoms with van der Waals surface area (Å²) >= 11 is 0. The summed E-state index contributed by atoms with van der Waals surface area (Å²) in [6.07, 6.45) is 7.51. The molecule has 1 amide bonds. The number of anilines is 1. The maximum atomic E-state index is 12.1. The lowest BCUT2D eigenvalue weighted by Crippen LogP contribution is -2.20. The van der Waals surface area contributed by atoms with Gasteiger partial charge in [-0.25, -0.2) is 0 Å². The third-order valence-electron chi connectivity index (χ3n) is 5.00. The van der Waals surface area contributed by atoms with Crippen LogP contribution >= 0.6 is 0 Å². The van der Waals surface area contributed by atoms with Crippen molar-refractivity contribution in [1.29, 1.82) is 0 Å². The molecule has 1 saturated carbocycles. The van der Waals surface area contributed by atoms with Gasteiger partial charge in [-0.15, -0.1) is 0 Å². The Hall–Kier alpha value is -2.29. The summed E-state index contributed by atoms with van der Waals surface area (Å²) in [6.45, 7) is 2.11. The molecular weight excluding hydrogens is 310 g/mol. The zero-order chi connectivity index (χ0) is 17.5. The fraction of sp³-hybridized carbons (Fsp3) is 0.409. The molecule has 1 N–H and O–H groups in total. The SMILES string of the molecule is CCc1ccccc1NC(=O)COc1ccc(C2CCCCC2)cc1. The first kappa shape index (κ1) is 17.5. The van der Waals surface area contributed by atoms with Crippen LogP contribution in [0.3, 0.4) is 0 Å². The number of nitrogens with one attached hydrogen (secondary N) is 1. The number of para-hydroxylation sites is 1. The van der Waals surface area contributed by atoms with Gasteiger partial charge in [0.1, 0.15) is 5.75 Å². The van der Waals surface area contributed by atoms with Gasteiger partial charge >= 0.3 is 0 Å². The molecule has 132 valence electrons. The molecule has 1 aliphatic carbocycles. The van der Waals surface area contributed by atoms with Gasteiger partial charge in [0.2, 0.25) is 0 Å². The van der Waals surface area contributed by atoms with Crippen LogP contribution in [0.2, 0.25) is 0 Å². The lowest BCUT2D eigenvalue weighted by atomic mass is 9.84. The maximum Gasteiger partial charge on any atom is 0.262 e. The predicted octanol–water partition coefficient (Wildman–Crippen LogP) is 5.31. The Balaban J connectivity index is 1.51. The fourth-order valence-corrected chi connectivity index (χ4v) is 3.56. The molecule has 0 aliphatic heterocycles. The van der Waals surface area contributed by atoms with Gasteiger partial charge in [-0.1, -0.05) is 56.5 Å². The topological polar surface area (TPSA) is 38.3 Å². The van der Waals surface area contributed by atoms with E-state index in [9.17, 15) is 4.79 Å². The number of benzene rings is 2. The summed E-state index contributed by atoms with van der Waals surface area (Å²) in [5.41, 5.74) is 3.40. The van der Waals surface area contributed by atoms with Gasteiger partial charge in [0.15, 0.2) is 6.61 Å². The van der Waals surface area contributed by atoms with Crippen molar-refractivity contribution in [2.24, 2.45) is 0 Å². The van der Waals surface area contributed by atoms with Gasteiger partial charge in [0.05, 0.1) is 0 Å². The predicted molar refractivity (Wildman–Crippen MR) is 102 cm³/mol. The van der Waals surface area contributed by atoms with Crippen LogP contribution in [0.4, 0.5) is 5.69 Å². The fourth-order valence-electron chi connectivity index (χ4n) is 3.56. The molecule has 0 radical (unpaired) electrons. The van der Waals surface area contributed by atoms with Gasteiger partial charge in [-0.2, -0.15) is 0 Å². The Morgan fingerprint density at radius 3 is 2.48 bits per heavy atom. The molecule has 2 aromatic rings. The number of hydrogen-bond donors (Lipinski definition) is 1. The zero-order valence-electron chi connectivity index (χ0n) is 15.0. The Morgan fingerprint density at radius 2 is 1.76 bits per heavy atom. The van der Waals surface area contributed by atoms with Crippen molar-refractivity contribution in [3.63, 3.8) is 0 Å². The minimum atomic E-state index is -0.128. The Labute approximate surface area is 150 Å². The molecule has 0 aromatic heterocycles. The van der Waals surface area contributed by atoms with Gasteiger partial charge < -0.3 is 10.1 Å². The molecule has 3 heteroatoms. The van der Waals surface area contributed by atoms with Crippen molar-refractivity contribution in [2.75, 3.05) is 11.9 Å². The first-order valence-corrected chi connectivity index (χ1v) is 9.37. The molecule has 0 bridgehead atoms. The zero-order valence-corrected chi connectivity index (χ0v) is 15.0. The van der Waals surface area contributed by atoms with Crippen LogP contribution in [0.15, 0.2) is 48.5 Å². The highest BCUT2D eigenvalue weighted by atomic mass is 16.5. The second-order valence-corrected chi connectivity index (χ2v) is 6.75. The molecule has 25 heavy (non-hydrogen) atoms. The summed E-state index contributed by atoms with van der Waals surface area (Å²) in [7, 11) is 0. The average Bonchev–Trinajstić information content (AvgIpc) is 2.68. The number of hydrogen-bond acceptors (Lipinski definition) is 2. The van der Waals surface area contributed by atoms with E-state index in [0.717, 1.165) is 23.4 Å². The van der Waals surface area contributed by atoms with E-state index in [4.69, 9.17) is 4.74 Å². The largest absolute Gasteiger partial charge is 0.484 e. The van der Waals surface area contributed by atoms with Crippen molar-refractivity contribution in [3.05, 3.63) is 59.7 Å². The number of carbonyl (C=O) groups is 1. The van der Waals surface area contributed by atoms with E-state index in [1.807, 2.05) is 36.4 Å². The number of amides is 1. The van der Waals surface area contributed by atoms with Crippen LogP contribution in [0, 0.1) is 0 Å². The smallest absolute Gasteiger partial charge is 0.262 e. The molecule has 0 heterocycles. The molecule has 0 atom stereocenters. The monoisotopic (exact) mass is 337 g/mol. The second-order valence-electron chi connectivity index (χ2n) is 6.75. The molecule has 3 nitrogen and oxygen atoms in total. The minimum Gasteiger partial charge on any atom is -0.484 e. The van der Waals surface area contributed by atoms with Crippen LogP contribution in [0.5, 0.6) is 5.75 Å². The van der Waals surface area contributed by atoms with Crippen LogP contribution in [-0.2, 0) is 11.2 Å². The number of ether oxygens (including phenoxy) is 1. The number of aryl methyl sites for hydroxylation is 1. The summed E-state index contributed by atoms with van der Waals surface area (Å²) in [6, 6.07) is 16.1. The highest BCUT2D eigenvalue weighted by molar-refractivity contribution is 5.92. The van der Waals surface area contributed by atoms with Gasteiger partial charge in [-0.05, 0) is 54.5 Å². The van der Waals surface area contributed by atoms with Crippen molar-refractivity contribution < 1.29 is 9.53 Å². The Kier molecular flexibility index (Phi) is 6.10. The Bertz CT molecular complexity index is 687. The second kappa shape index (κ2) is 8.70. The number of carbonyl (C=O) groups excluding carboxylic acids is 1. The van der Waals surface area contributed by atoms with Crippen LogP contribution < -0.4 is 10.1 Å². The highest BCUT2D eigenvalue weighted by Gasteiger charge is 2.15. The molecule has 1 fully saturated rings. The maximum absolute atomic E-state index is 12.1. The van der Waals surface area contributed by atoms with E-state index < -0.39 is 0 Å².